The maximum atomic E-state index is 13.4. The van der Waals surface area contributed by atoms with Crippen molar-refractivity contribution < 1.29 is 9.53 Å². The Hall–Kier alpha value is -3.79. The van der Waals surface area contributed by atoms with Crippen LogP contribution in [0.5, 0.6) is 5.75 Å². The van der Waals surface area contributed by atoms with Gasteiger partial charge in [0.15, 0.2) is 0 Å². The molecule has 3 aromatic rings. The molecule has 3 aromatic carbocycles. The molecule has 2 fully saturated rings. The summed E-state index contributed by atoms with van der Waals surface area (Å²) in [5.41, 5.74) is 4.13. The van der Waals surface area contributed by atoms with E-state index in [-0.39, 0.29) is 12.1 Å². The fraction of sp³-hybridized carbons (Fsp3) is 0.382. The van der Waals surface area contributed by atoms with Gasteiger partial charge >= 0.3 is 6.03 Å². The number of benzene rings is 3. The molecule has 208 valence electrons. The second kappa shape index (κ2) is 13.0. The molecule has 6 heteroatoms. The lowest BCUT2D eigenvalue weighted by Crippen LogP contribution is -2.69. The lowest BCUT2D eigenvalue weighted by atomic mass is 9.73. The molecule has 2 amide bonds. The Labute approximate surface area is 238 Å². The fourth-order valence-corrected chi connectivity index (χ4v) is 5.84. The van der Waals surface area contributed by atoms with Crippen molar-refractivity contribution in [3.05, 3.63) is 95.6 Å². The molecule has 0 aliphatic carbocycles. The highest BCUT2D eigenvalue weighted by molar-refractivity contribution is 5.89. The van der Waals surface area contributed by atoms with Gasteiger partial charge in [0, 0.05) is 60.5 Å². The van der Waals surface area contributed by atoms with E-state index in [2.05, 4.69) is 65.5 Å². The smallest absolute Gasteiger partial charge is 0.321 e. The molecular formula is C34H40N4O2. The van der Waals surface area contributed by atoms with Crippen molar-refractivity contribution in [1.82, 2.24) is 15.1 Å². The second-order valence-corrected chi connectivity index (χ2v) is 11.0. The summed E-state index contributed by atoms with van der Waals surface area (Å²) in [4.78, 5) is 18.0. The van der Waals surface area contributed by atoms with Gasteiger partial charge in [-0.1, -0.05) is 56.0 Å². The number of nitrogens with zero attached hydrogens (tertiary/aromatic N) is 2. The predicted molar refractivity (Wildman–Crippen MR) is 162 cm³/mol. The summed E-state index contributed by atoms with van der Waals surface area (Å²) in [6.45, 7) is 7.88. The third-order valence-corrected chi connectivity index (χ3v) is 7.97. The summed E-state index contributed by atoms with van der Waals surface area (Å²) in [5.74, 6) is 7.68. The molecule has 2 aliphatic rings. The Morgan fingerprint density at radius 3 is 2.27 bits per heavy atom. The number of nitrogens with one attached hydrogen (secondary N) is 2. The number of ether oxygens (including phenoxy) is 1. The van der Waals surface area contributed by atoms with Gasteiger partial charge in [-0.25, -0.2) is 4.79 Å². The molecule has 0 radical (unpaired) electrons. The number of amides is 2. The summed E-state index contributed by atoms with van der Waals surface area (Å²) in [5, 5.41) is 6.77. The van der Waals surface area contributed by atoms with Gasteiger partial charge in [-0.15, -0.1) is 0 Å². The molecule has 5 rings (SSSR count). The molecule has 2 saturated heterocycles. The lowest BCUT2D eigenvalue weighted by Gasteiger charge is -2.58. The highest BCUT2D eigenvalue weighted by Crippen LogP contribution is 2.42. The second-order valence-electron chi connectivity index (χ2n) is 11.0. The SMILES string of the molecule is COc1ccc(NC(=O)N2CCCCN3[C@H](CNC(C)C)[C@H](c4ccc(C#Cc5ccccc5)cc4)[C@@H]3C2)cc1. The largest absolute Gasteiger partial charge is 0.497 e. The zero-order valence-corrected chi connectivity index (χ0v) is 23.8. The van der Waals surface area contributed by atoms with E-state index in [0.29, 0.717) is 24.5 Å². The molecular weight excluding hydrogens is 496 g/mol. The Morgan fingerprint density at radius 1 is 0.925 bits per heavy atom. The topological polar surface area (TPSA) is 56.8 Å². The Balaban J connectivity index is 1.33. The lowest BCUT2D eigenvalue weighted by molar-refractivity contribution is -0.0349. The average molecular weight is 537 g/mol. The number of hydrogen-bond acceptors (Lipinski definition) is 4. The van der Waals surface area contributed by atoms with Gasteiger partial charge in [-0.2, -0.15) is 0 Å². The molecule has 0 unspecified atom stereocenters. The van der Waals surface area contributed by atoms with Crippen LogP contribution in [0.2, 0.25) is 0 Å². The minimum absolute atomic E-state index is 0.0407. The van der Waals surface area contributed by atoms with Gasteiger partial charge in [-0.05, 0) is 73.5 Å². The third kappa shape index (κ3) is 6.67. The van der Waals surface area contributed by atoms with E-state index >= 15 is 0 Å². The zero-order valence-electron chi connectivity index (χ0n) is 23.8. The number of urea groups is 1. The van der Waals surface area contributed by atoms with E-state index in [4.69, 9.17) is 4.74 Å². The number of anilines is 1. The van der Waals surface area contributed by atoms with E-state index in [1.807, 2.05) is 59.5 Å². The van der Waals surface area contributed by atoms with Crippen LogP contribution in [0.15, 0.2) is 78.9 Å². The summed E-state index contributed by atoms with van der Waals surface area (Å²) in [6, 6.07) is 27.4. The molecule has 40 heavy (non-hydrogen) atoms. The number of fused-ring (bicyclic) bond motifs is 1. The van der Waals surface area contributed by atoms with Gasteiger partial charge in [-0.3, -0.25) is 4.90 Å². The molecule has 0 bridgehead atoms. The summed E-state index contributed by atoms with van der Waals surface area (Å²) in [7, 11) is 1.64. The standard InChI is InChI=1S/C34H40N4O2/c1-25(2)35-23-31-33(28-15-13-27(14-16-28)12-11-26-9-5-4-6-10-26)32-24-37(21-7-8-22-38(31)32)34(39)36-29-17-19-30(40-3)20-18-29/h4-6,9-10,13-20,25,31-33,35H,7-8,21-24H2,1-3H3,(H,36,39)/t31-,32+,33+/m1/s1. The number of rotatable bonds is 6. The van der Waals surface area contributed by atoms with Crippen molar-refractivity contribution in [2.75, 3.05) is 38.6 Å². The molecule has 0 aromatic heterocycles. The highest BCUT2D eigenvalue weighted by atomic mass is 16.5. The van der Waals surface area contributed by atoms with Crippen molar-refractivity contribution >= 4 is 11.7 Å². The Morgan fingerprint density at radius 2 is 1.60 bits per heavy atom. The van der Waals surface area contributed by atoms with Crippen LogP contribution in [0.3, 0.4) is 0 Å². The highest BCUT2D eigenvalue weighted by Gasteiger charge is 2.49. The van der Waals surface area contributed by atoms with Gasteiger partial charge in [0.2, 0.25) is 0 Å². The van der Waals surface area contributed by atoms with Crippen LogP contribution in [0.1, 0.15) is 49.3 Å². The fourth-order valence-electron chi connectivity index (χ4n) is 5.84. The Kier molecular flexibility index (Phi) is 9.05. The van der Waals surface area contributed by atoms with Gasteiger partial charge in [0.05, 0.1) is 7.11 Å². The van der Waals surface area contributed by atoms with E-state index in [1.165, 1.54) is 5.56 Å². The number of carbonyl (C=O) groups is 1. The van der Waals surface area contributed by atoms with E-state index in [9.17, 15) is 4.79 Å². The molecule has 6 nitrogen and oxygen atoms in total. The first-order chi connectivity index (χ1) is 19.5. The van der Waals surface area contributed by atoms with Crippen LogP contribution in [0, 0.1) is 11.8 Å². The van der Waals surface area contributed by atoms with Crippen molar-refractivity contribution in [3.8, 4) is 17.6 Å². The maximum absolute atomic E-state index is 13.4. The minimum atomic E-state index is -0.0407. The van der Waals surface area contributed by atoms with Crippen LogP contribution in [0.4, 0.5) is 10.5 Å². The quantitative estimate of drug-likeness (QED) is 0.405. The monoisotopic (exact) mass is 536 g/mol. The van der Waals surface area contributed by atoms with Crippen molar-refractivity contribution in [3.63, 3.8) is 0 Å². The number of hydrogen-bond donors (Lipinski definition) is 2. The molecule has 2 heterocycles. The van der Waals surface area contributed by atoms with Gasteiger partial charge < -0.3 is 20.3 Å². The summed E-state index contributed by atoms with van der Waals surface area (Å²) >= 11 is 0. The van der Waals surface area contributed by atoms with Crippen LogP contribution >= 0.6 is 0 Å². The summed E-state index contributed by atoms with van der Waals surface area (Å²) < 4.78 is 5.25. The maximum Gasteiger partial charge on any atom is 0.321 e. The summed E-state index contributed by atoms with van der Waals surface area (Å²) in [6.07, 6.45) is 2.09. The average Bonchev–Trinajstić information content (AvgIpc) is 2.96. The first-order valence-electron chi connectivity index (χ1n) is 14.4. The van der Waals surface area contributed by atoms with Crippen LogP contribution < -0.4 is 15.4 Å². The number of methoxy groups -OCH3 is 1. The van der Waals surface area contributed by atoms with E-state index < -0.39 is 0 Å². The Bertz CT molecular complexity index is 1310. The molecule has 3 atom stereocenters. The van der Waals surface area contributed by atoms with Crippen molar-refractivity contribution in [2.24, 2.45) is 0 Å². The predicted octanol–water partition coefficient (Wildman–Crippen LogP) is 5.56. The van der Waals surface area contributed by atoms with Crippen LogP contribution in [-0.2, 0) is 0 Å². The van der Waals surface area contributed by atoms with Crippen LogP contribution in [0.25, 0.3) is 0 Å². The van der Waals surface area contributed by atoms with E-state index in [0.717, 1.165) is 55.0 Å². The molecule has 0 saturated carbocycles. The van der Waals surface area contributed by atoms with Crippen molar-refractivity contribution in [2.45, 2.75) is 50.7 Å². The van der Waals surface area contributed by atoms with Gasteiger partial charge in [0.1, 0.15) is 5.75 Å². The van der Waals surface area contributed by atoms with E-state index in [1.54, 1.807) is 7.11 Å². The molecule has 2 N–H and O–H groups in total. The zero-order chi connectivity index (χ0) is 27.9. The number of carbonyl (C=O) groups excluding carboxylic acids is 1. The first kappa shape index (κ1) is 27.8. The normalized spacial score (nSPS) is 20.8. The van der Waals surface area contributed by atoms with Crippen molar-refractivity contribution in [1.29, 1.82) is 0 Å². The molecule has 0 spiro atoms. The van der Waals surface area contributed by atoms with Gasteiger partial charge in [0.25, 0.3) is 0 Å². The first-order valence-corrected chi connectivity index (χ1v) is 14.4. The minimum Gasteiger partial charge on any atom is -0.497 e. The third-order valence-electron chi connectivity index (χ3n) is 7.97. The van der Waals surface area contributed by atoms with Crippen LogP contribution in [-0.4, -0.2) is 67.2 Å². The molecule has 2 aliphatic heterocycles.